The summed E-state index contributed by atoms with van der Waals surface area (Å²) in [6.45, 7) is 1.07. The van der Waals surface area contributed by atoms with E-state index in [4.69, 9.17) is 5.73 Å². The Bertz CT molecular complexity index is 833. The number of thiophene rings is 1. The largest absolute Gasteiger partial charge is 0.345 e. The lowest BCUT2D eigenvalue weighted by molar-refractivity contribution is 0.598. The Labute approximate surface area is 121 Å². The summed E-state index contributed by atoms with van der Waals surface area (Å²) in [5.41, 5.74) is 6.49. The average molecular weight is 306 g/mol. The van der Waals surface area contributed by atoms with Crippen molar-refractivity contribution in [1.29, 1.82) is 0 Å². The zero-order chi connectivity index (χ0) is 14.2. The lowest BCUT2D eigenvalue weighted by Gasteiger charge is -2.00. The molecule has 0 aliphatic carbocycles. The van der Waals surface area contributed by atoms with Crippen molar-refractivity contribution >= 4 is 32.1 Å². The second kappa shape index (κ2) is 5.05. The summed E-state index contributed by atoms with van der Waals surface area (Å²) in [6, 6.07) is 10.9. The maximum absolute atomic E-state index is 12.7. The molecule has 6 heteroatoms. The minimum atomic E-state index is -3.46. The molecule has 0 amide bonds. The highest BCUT2D eigenvalue weighted by molar-refractivity contribution is 7.93. The zero-order valence-corrected chi connectivity index (χ0v) is 12.3. The predicted molar refractivity (Wildman–Crippen MR) is 80.8 cm³/mol. The molecular formula is C14H14N2O2S2. The summed E-state index contributed by atoms with van der Waals surface area (Å²) < 4.78 is 27.7. The molecule has 3 aromatic rings. The molecule has 0 atom stereocenters. The lowest BCUT2D eigenvalue weighted by atomic mass is 10.2. The number of sulfone groups is 1. The van der Waals surface area contributed by atoms with Crippen molar-refractivity contribution in [3.8, 4) is 0 Å². The van der Waals surface area contributed by atoms with Gasteiger partial charge in [0.1, 0.15) is 4.21 Å². The van der Waals surface area contributed by atoms with Gasteiger partial charge in [-0.05, 0) is 17.5 Å². The van der Waals surface area contributed by atoms with E-state index >= 15 is 0 Å². The topological polar surface area (TPSA) is 65.1 Å². The Morgan fingerprint density at radius 2 is 1.95 bits per heavy atom. The summed E-state index contributed by atoms with van der Waals surface area (Å²) in [5, 5.41) is 2.51. The summed E-state index contributed by atoms with van der Waals surface area (Å²) in [7, 11) is -3.46. The minimum Gasteiger partial charge on any atom is -0.345 e. The van der Waals surface area contributed by atoms with Gasteiger partial charge in [-0.15, -0.1) is 11.3 Å². The van der Waals surface area contributed by atoms with Crippen LogP contribution in [-0.2, 0) is 16.4 Å². The Balaban J connectivity index is 2.27. The SMILES string of the molecule is NCCn1cc(S(=O)(=O)c2cccs2)c2ccccc21. The fraction of sp³-hybridized carbons (Fsp3) is 0.143. The Kier molecular flexibility index (Phi) is 3.37. The van der Waals surface area contributed by atoms with Gasteiger partial charge in [-0.1, -0.05) is 24.3 Å². The average Bonchev–Trinajstić information content (AvgIpc) is 3.08. The standard InChI is InChI=1S/C14H14N2O2S2/c15-7-8-16-10-13(11-4-1-2-5-12(11)16)20(17,18)14-6-3-9-19-14/h1-6,9-10H,7-8,15H2. The molecule has 20 heavy (non-hydrogen) atoms. The van der Waals surface area contributed by atoms with Gasteiger partial charge in [0.2, 0.25) is 9.84 Å². The zero-order valence-electron chi connectivity index (χ0n) is 10.7. The molecule has 0 aliphatic rings. The first-order chi connectivity index (χ1) is 9.64. The van der Waals surface area contributed by atoms with Crippen molar-refractivity contribution in [1.82, 2.24) is 4.57 Å². The second-order valence-electron chi connectivity index (χ2n) is 4.43. The first-order valence-corrected chi connectivity index (χ1v) is 8.57. The van der Waals surface area contributed by atoms with Gasteiger partial charge >= 0.3 is 0 Å². The fourth-order valence-electron chi connectivity index (χ4n) is 2.28. The number of hydrogen-bond acceptors (Lipinski definition) is 4. The Morgan fingerprint density at radius 3 is 2.65 bits per heavy atom. The van der Waals surface area contributed by atoms with Crippen molar-refractivity contribution in [3.05, 3.63) is 48.0 Å². The van der Waals surface area contributed by atoms with Crippen LogP contribution in [0.4, 0.5) is 0 Å². The number of rotatable bonds is 4. The normalized spacial score (nSPS) is 12.1. The van der Waals surface area contributed by atoms with E-state index in [0.717, 1.165) is 10.9 Å². The Hall–Kier alpha value is -1.63. The van der Waals surface area contributed by atoms with Crippen LogP contribution in [0, 0.1) is 0 Å². The molecule has 0 unspecified atom stereocenters. The number of benzene rings is 1. The first kappa shape index (κ1) is 13.4. The monoisotopic (exact) mass is 306 g/mol. The van der Waals surface area contributed by atoms with Gasteiger partial charge in [-0.2, -0.15) is 0 Å². The predicted octanol–water partition coefficient (Wildman–Crippen LogP) is 2.49. The molecule has 2 N–H and O–H groups in total. The quantitative estimate of drug-likeness (QED) is 0.805. The number of fused-ring (bicyclic) bond motifs is 1. The van der Waals surface area contributed by atoms with E-state index in [1.165, 1.54) is 11.3 Å². The third kappa shape index (κ3) is 2.06. The van der Waals surface area contributed by atoms with E-state index in [9.17, 15) is 8.42 Å². The molecule has 4 nitrogen and oxygen atoms in total. The highest BCUT2D eigenvalue weighted by Gasteiger charge is 2.23. The summed E-state index contributed by atoms with van der Waals surface area (Å²) >= 11 is 1.23. The van der Waals surface area contributed by atoms with Crippen molar-refractivity contribution < 1.29 is 8.42 Å². The highest BCUT2D eigenvalue weighted by atomic mass is 32.2. The van der Waals surface area contributed by atoms with Gasteiger partial charge in [-0.3, -0.25) is 0 Å². The van der Waals surface area contributed by atoms with Crippen LogP contribution in [-0.4, -0.2) is 19.5 Å². The van der Waals surface area contributed by atoms with E-state index in [1.54, 1.807) is 23.7 Å². The van der Waals surface area contributed by atoms with E-state index in [0.29, 0.717) is 22.2 Å². The molecular weight excluding hydrogens is 292 g/mol. The van der Waals surface area contributed by atoms with Crippen LogP contribution in [0.15, 0.2) is 57.1 Å². The second-order valence-corrected chi connectivity index (χ2v) is 7.52. The minimum absolute atomic E-state index is 0.351. The molecule has 2 aromatic heterocycles. The van der Waals surface area contributed by atoms with Gasteiger partial charge in [-0.25, -0.2) is 8.42 Å². The molecule has 0 fully saturated rings. The molecule has 104 valence electrons. The molecule has 0 bridgehead atoms. The molecule has 0 radical (unpaired) electrons. The number of nitrogens with zero attached hydrogens (tertiary/aromatic N) is 1. The van der Waals surface area contributed by atoms with Gasteiger partial charge in [0.05, 0.1) is 4.90 Å². The van der Waals surface area contributed by atoms with Crippen LogP contribution in [0.3, 0.4) is 0 Å². The summed E-state index contributed by atoms with van der Waals surface area (Å²) in [5.74, 6) is 0. The van der Waals surface area contributed by atoms with Crippen molar-refractivity contribution in [2.45, 2.75) is 15.6 Å². The van der Waals surface area contributed by atoms with Crippen LogP contribution in [0.1, 0.15) is 0 Å². The van der Waals surface area contributed by atoms with Crippen LogP contribution in [0.2, 0.25) is 0 Å². The summed E-state index contributed by atoms with van der Waals surface area (Å²) in [4.78, 5) is 0.351. The maximum atomic E-state index is 12.7. The number of hydrogen-bond donors (Lipinski definition) is 1. The molecule has 0 aliphatic heterocycles. The fourth-order valence-corrected chi connectivity index (χ4v) is 4.87. The number of aromatic nitrogens is 1. The molecule has 1 aromatic carbocycles. The molecule has 0 spiro atoms. The smallest absolute Gasteiger partial charge is 0.218 e. The third-order valence-electron chi connectivity index (χ3n) is 3.17. The number of para-hydroxylation sites is 1. The van der Waals surface area contributed by atoms with Crippen molar-refractivity contribution in [2.24, 2.45) is 5.73 Å². The molecule has 0 saturated carbocycles. The van der Waals surface area contributed by atoms with E-state index < -0.39 is 9.84 Å². The lowest BCUT2D eigenvalue weighted by Crippen LogP contribution is -2.08. The van der Waals surface area contributed by atoms with Gasteiger partial charge in [0.15, 0.2) is 0 Å². The maximum Gasteiger partial charge on any atom is 0.218 e. The van der Waals surface area contributed by atoms with E-state index in [2.05, 4.69) is 0 Å². The van der Waals surface area contributed by atoms with Crippen LogP contribution >= 0.6 is 11.3 Å². The van der Waals surface area contributed by atoms with Crippen LogP contribution in [0.5, 0.6) is 0 Å². The van der Waals surface area contributed by atoms with E-state index in [1.807, 2.05) is 28.8 Å². The van der Waals surface area contributed by atoms with E-state index in [-0.39, 0.29) is 0 Å². The van der Waals surface area contributed by atoms with Gasteiger partial charge in [0.25, 0.3) is 0 Å². The first-order valence-electron chi connectivity index (χ1n) is 6.21. The number of nitrogens with two attached hydrogens (primary N) is 1. The highest BCUT2D eigenvalue weighted by Crippen LogP contribution is 2.31. The van der Waals surface area contributed by atoms with Crippen LogP contribution in [0.25, 0.3) is 10.9 Å². The third-order valence-corrected chi connectivity index (χ3v) is 6.35. The van der Waals surface area contributed by atoms with Gasteiger partial charge < -0.3 is 10.3 Å². The molecule has 2 heterocycles. The van der Waals surface area contributed by atoms with Crippen LogP contribution < -0.4 is 5.73 Å². The molecule has 3 rings (SSSR count). The summed E-state index contributed by atoms with van der Waals surface area (Å²) in [6.07, 6.45) is 1.69. The van der Waals surface area contributed by atoms with Crippen molar-refractivity contribution in [3.63, 3.8) is 0 Å². The van der Waals surface area contributed by atoms with Crippen molar-refractivity contribution in [2.75, 3.05) is 6.54 Å². The van der Waals surface area contributed by atoms with Gasteiger partial charge in [0, 0.05) is 30.2 Å². The Morgan fingerprint density at radius 1 is 1.15 bits per heavy atom. The molecule has 0 saturated heterocycles.